The molecule has 0 fully saturated rings. The van der Waals surface area contributed by atoms with Crippen LogP contribution in [0.1, 0.15) is 6.42 Å². The number of benzene rings is 2. The number of aromatic nitrogens is 2. The van der Waals surface area contributed by atoms with Crippen molar-refractivity contribution >= 4 is 11.8 Å². The molecule has 128 valence electrons. The second-order valence-corrected chi connectivity index (χ2v) is 6.13. The lowest BCUT2D eigenvalue weighted by molar-refractivity contribution is 0.373. The lowest BCUT2D eigenvalue weighted by atomic mass is 10.0. The summed E-state index contributed by atoms with van der Waals surface area (Å²) >= 11 is 1.03. The first-order chi connectivity index (χ1) is 12.1. The summed E-state index contributed by atoms with van der Waals surface area (Å²) in [6.07, 6.45) is -2.67. The Morgan fingerprint density at radius 3 is 2.16 bits per heavy atom. The van der Waals surface area contributed by atoms with Gasteiger partial charge in [0, 0.05) is 17.7 Å². The summed E-state index contributed by atoms with van der Waals surface area (Å²) in [4.78, 5) is 0. The third kappa shape index (κ3) is 4.51. The van der Waals surface area contributed by atoms with Gasteiger partial charge in [-0.05, 0) is 23.3 Å². The molecule has 25 heavy (non-hydrogen) atoms. The van der Waals surface area contributed by atoms with Crippen LogP contribution >= 0.6 is 11.8 Å². The van der Waals surface area contributed by atoms with Crippen LogP contribution in [-0.4, -0.2) is 16.0 Å². The molecule has 0 amide bonds. The standard InChI is InChI=1S/C18H13F3N2OS/c19-15(16(20)21)10-11-25-18-23-22-17(24-18)14-8-6-13(7-9-14)12-4-2-1-3-5-12/h1-9H,10-11H2. The van der Waals surface area contributed by atoms with Crippen molar-refractivity contribution in [3.05, 3.63) is 66.5 Å². The fourth-order valence-electron chi connectivity index (χ4n) is 2.14. The normalized spacial score (nSPS) is 10.7. The lowest BCUT2D eigenvalue weighted by Crippen LogP contribution is -1.82. The predicted molar refractivity (Wildman–Crippen MR) is 90.9 cm³/mol. The fourth-order valence-corrected chi connectivity index (χ4v) is 2.84. The van der Waals surface area contributed by atoms with Crippen molar-refractivity contribution < 1.29 is 17.6 Å². The Hall–Kier alpha value is -2.54. The second kappa shape index (κ2) is 8.02. The Morgan fingerprint density at radius 1 is 0.840 bits per heavy atom. The minimum atomic E-state index is -2.29. The van der Waals surface area contributed by atoms with Gasteiger partial charge in [-0.25, -0.2) is 4.39 Å². The van der Waals surface area contributed by atoms with Crippen molar-refractivity contribution in [1.82, 2.24) is 10.2 Å². The van der Waals surface area contributed by atoms with E-state index in [0.717, 1.165) is 28.5 Å². The van der Waals surface area contributed by atoms with Crippen molar-refractivity contribution in [3.8, 4) is 22.6 Å². The highest BCUT2D eigenvalue weighted by molar-refractivity contribution is 7.99. The molecule has 3 rings (SSSR count). The average molecular weight is 362 g/mol. The molecular formula is C18H13F3N2OS. The van der Waals surface area contributed by atoms with E-state index in [4.69, 9.17) is 4.42 Å². The minimum absolute atomic E-state index is 0.0950. The number of nitrogens with zero attached hydrogens (tertiary/aromatic N) is 2. The average Bonchev–Trinajstić information content (AvgIpc) is 3.11. The van der Waals surface area contributed by atoms with Gasteiger partial charge in [-0.15, -0.1) is 10.2 Å². The van der Waals surface area contributed by atoms with Crippen molar-refractivity contribution in [2.45, 2.75) is 11.6 Å². The van der Waals surface area contributed by atoms with Crippen LogP contribution in [0.4, 0.5) is 13.2 Å². The largest absolute Gasteiger partial charge is 0.411 e. The smallest absolute Gasteiger partial charge is 0.301 e. The third-order valence-corrected chi connectivity index (χ3v) is 4.22. The molecule has 1 heterocycles. The van der Waals surface area contributed by atoms with Crippen LogP contribution in [-0.2, 0) is 0 Å². The van der Waals surface area contributed by atoms with E-state index >= 15 is 0 Å². The number of rotatable bonds is 6. The summed E-state index contributed by atoms with van der Waals surface area (Å²) < 4.78 is 42.2. The topological polar surface area (TPSA) is 38.9 Å². The zero-order valence-corrected chi connectivity index (χ0v) is 13.8. The maximum absolute atomic E-state index is 12.7. The van der Waals surface area contributed by atoms with E-state index in [1.54, 1.807) is 0 Å². The maximum atomic E-state index is 12.7. The van der Waals surface area contributed by atoms with Crippen LogP contribution in [0.5, 0.6) is 0 Å². The summed E-state index contributed by atoms with van der Waals surface area (Å²) in [5, 5.41) is 7.98. The molecule has 0 atom stereocenters. The zero-order valence-electron chi connectivity index (χ0n) is 13.0. The maximum Gasteiger partial charge on any atom is 0.301 e. The van der Waals surface area contributed by atoms with Gasteiger partial charge in [0.15, 0.2) is 5.83 Å². The van der Waals surface area contributed by atoms with Crippen LogP contribution in [0.15, 0.2) is 76.1 Å². The molecule has 0 N–H and O–H groups in total. The van der Waals surface area contributed by atoms with Crippen molar-refractivity contribution in [3.63, 3.8) is 0 Å². The van der Waals surface area contributed by atoms with Crippen molar-refractivity contribution in [1.29, 1.82) is 0 Å². The van der Waals surface area contributed by atoms with Gasteiger partial charge < -0.3 is 4.42 Å². The molecule has 0 aliphatic rings. The molecule has 0 unspecified atom stereocenters. The predicted octanol–water partition coefficient (Wildman–Crippen LogP) is 5.96. The van der Waals surface area contributed by atoms with Gasteiger partial charge in [0.25, 0.3) is 5.22 Å². The molecule has 0 saturated carbocycles. The van der Waals surface area contributed by atoms with Crippen LogP contribution in [0.2, 0.25) is 0 Å². The molecule has 0 aliphatic carbocycles. The molecule has 0 aliphatic heterocycles. The first-order valence-corrected chi connectivity index (χ1v) is 8.44. The van der Waals surface area contributed by atoms with Crippen molar-refractivity contribution in [2.75, 3.05) is 5.75 Å². The van der Waals surface area contributed by atoms with E-state index in [1.165, 1.54) is 0 Å². The van der Waals surface area contributed by atoms with E-state index in [0.29, 0.717) is 5.89 Å². The highest BCUT2D eigenvalue weighted by atomic mass is 32.2. The first kappa shape index (κ1) is 17.3. The van der Waals surface area contributed by atoms with Crippen LogP contribution in [0, 0.1) is 0 Å². The second-order valence-electron chi connectivity index (χ2n) is 5.08. The summed E-state index contributed by atoms with van der Waals surface area (Å²) in [7, 11) is 0. The van der Waals surface area contributed by atoms with E-state index in [2.05, 4.69) is 10.2 Å². The lowest BCUT2D eigenvalue weighted by Gasteiger charge is -2.01. The Morgan fingerprint density at radius 2 is 1.48 bits per heavy atom. The van der Waals surface area contributed by atoms with Crippen LogP contribution in [0.3, 0.4) is 0 Å². The van der Waals surface area contributed by atoms with E-state index in [1.807, 2.05) is 54.6 Å². The third-order valence-electron chi connectivity index (χ3n) is 3.40. The van der Waals surface area contributed by atoms with E-state index in [9.17, 15) is 13.2 Å². The Bertz CT molecular complexity index is 860. The molecule has 1 aromatic heterocycles. The van der Waals surface area contributed by atoms with Crippen LogP contribution in [0.25, 0.3) is 22.6 Å². The van der Waals surface area contributed by atoms with Gasteiger partial charge in [0.1, 0.15) is 0 Å². The van der Waals surface area contributed by atoms with Gasteiger partial charge >= 0.3 is 6.08 Å². The van der Waals surface area contributed by atoms with Gasteiger partial charge in [0.2, 0.25) is 5.89 Å². The van der Waals surface area contributed by atoms with Gasteiger partial charge in [-0.2, -0.15) is 8.78 Å². The number of allylic oxidation sites excluding steroid dienone is 1. The Balaban J connectivity index is 1.65. The number of hydrogen-bond acceptors (Lipinski definition) is 4. The Labute approximate surface area is 146 Å². The zero-order chi connectivity index (χ0) is 17.6. The summed E-state index contributed by atoms with van der Waals surface area (Å²) in [5.41, 5.74) is 2.92. The first-order valence-electron chi connectivity index (χ1n) is 7.45. The van der Waals surface area contributed by atoms with E-state index < -0.39 is 11.9 Å². The quantitative estimate of drug-likeness (QED) is 0.507. The number of thioether (sulfide) groups is 1. The van der Waals surface area contributed by atoms with E-state index in [-0.39, 0.29) is 17.4 Å². The van der Waals surface area contributed by atoms with Gasteiger partial charge in [-0.3, -0.25) is 0 Å². The van der Waals surface area contributed by atoms with Gasteiger partial charge in [-0.1, -0.05) is 54.2 Å². The molecule has 2 aromatic carbocycles. The van der Waals surface area contributed by atoms with Gasteiger partial charge in [0.05, 0.1) is 0 Å². The number of hydrogen-bond donors (Lipinski definition) is 0. The molecule has 0 saturated heterocycles. The summed E-state index contributed by atoms with van der Waals surface area (Å²) in [5.74, 6) is -0.990. The molecule has 0 radical (unpaired) electrons. The number of halogens is 3. The molecule has 3 nitrogen and oxygen atoms in total. The minimum Gasteiger partial charge on any atom is -0.411 e. The summed E-state index contributed by atoms with van der Waals surface area (Å²) in [6.45, 7) is 0. The highest BCUT2D eigenvalue weighted by Gasteiger charge is 2.11. The van der Waals surface area contributed by atoms with Crippen molar-refractivity contribution in [2.24, 2.45) is 0 Å². The van der Waals surface area contributed by atoms with Crippen LogP contribution < -0.4 is 0 Å². The highest BCUT2D eigenvalue weighted by Crippen LogP contribution is 2.27. The SMILES string of the molecule is FC(F)=C(F)CCSc1nnc(-c2ccc(-c3ccccc3)cc2)o1. The monoisotopic (exact) mass is 362 g/mol. The Kier molecular flexibility index (Phi) is 5.55. The fraction of sp³-hybridized carbons (Fsp3) is 0.111. The molecular weight excluding hydrogens is 349 g/mol. The molecule has 7 heteroatoms. The molecule has 3 aromatic rings. The molecule has 0 bridgehead atoms. The summed E-state index contributed by atoms with van der Waals surface area (Å²) in [6, 6.07) is 17.6. The molecule has 0 spiro atoms.